The summed E-state index contributed by atoms with van der Waals surface area (Å²) in [5.74, 6) is -0.00336. The fourth-order valence-electron chi connectivity index (χ4n) is 2.32. The van der Waals surface area contributed by atoms with Crippen LogP contribution in [0.4, 0.5) is 0 Å². The Balaban J connectivity index is 2.09. The maximum atomic E-state index is 12.2. The Morgan fingerprint density at radius 2 is 2.16 bits per heavy atom. The number of aromatic nitrogens is 3. The fourth-order valence-corrected chi connectivity index (χ4v) is 3.04. The van der Waals surface area contributed by atoms with Crippen molar-refractivity contribution >= 4 is 17.7 Å². The lowest BCUT2D eigenvalue weighted by atomic mass is 9.90. The summed E-state index contributed by atoms with van der Waals surface area (Å²) in [7, 11) is 0. The topological polar surface area (TPSA) is 83.6 Å². The van der Waals surface area contributed by atoms with Crippen molar-refractivity contribution in [3.8, 4) is 11.8 Å². The minimum Gasteiger partial charge on any atom is -0.337 e. The molecule has 0 fully saturated rings. The maximum absolute atomic E-state index is 12.2. The van der Waals surface area contributed by atoms with Crippen LogP contribution >= 0.6 is 11.8 Å². The molecule has 0 saturated carbocycles. The SMILES string of the molecule is Cc1ccc(-n2cnnc2SCC(=O)NC(C)(C#N)C(C)C)c(C)c1. The molecule has 0 aliphatic heterocycles. The quantitative estimate of drug-likeness (QED) is 0.804. The van der Waals surface area contributed by atoms with Gasteiger partial charge in [0.15, 0.2) is 5.16 Å². The van der Waals surface area contributed by atoms with E-state index in [2.05, 4.69) is 27.6 Å². The number of amides is 1. The number of nitriles is 1. The lowest BCUT2D eigenvalue weighted by Crippen LogP contribution is -2.49. The minimum atomic E-state index is -0.876. The molecule has 132 valence electrons. The molecule has 1 N–H and O–H groups in total. The number of benzene rings is 1. The van der Waals surface area contributed by atoms with Gasteiger partial charge in [0.2, 0.25) is 5.91 Å². The van der Waals surface area contributed by atoms with Gasteiger partial charge in [-0.05, 0) is 38.3 Å². The third-order valence-corrected chi connectivity index (χ3v) is 5.19. The minimum absolute atomic E-state index is 0.0188. The van der Waals surface area contributed by atoms with Crippen LogP contribution in [-0.2, 0) is 4.79 Å². The molecule has 1 aromatic heterocycles. The van der Waals surface area contributed by atoms with Crippen molar-refractivity contribution in [3.63, 3.8) is 0 Å². The number of nitrogens with zero attached hydrogens (tertiary/aromatic N) is 4. The van der Waals surface area contributed by atoms with Crippen molar-refractivity contribution < 1.29 is 4.79 Å². The Bertz CT molecular complexity index is 808. The molecular formula is C18H23N5OS. The summed E-state index contributed by atoms with van der Waals surface area (Å²) in [5, 5.41) is 20.8. The number of aryl methyl sites for hydroxylation is 2. The van der Waals surface area contributed by atoms with E-state index in [4.69, 9.17) is 0 Å². The molecule has 0 saturated heterocycles. The second kappa shape index (κ2) is 7.70. The number of rotatable bonds is 6. The van der Waals surface area contributed by atoms with Crippen LogP contribution in [0.5, 0.6) is 0 Å². The number of hydrogen-bond acceptors (Lipinski definition) is 5. The maximum Gasteiger partial charge on any atom is 0.231 e. The largest absolute Gasteiger partial charge is 0.337 e. The van der Waals surface area contributed by atoms with E-state index in [1.807, 2.05) is 44.4 Å². The first-order valence-electron chi connectivity index (χ1n) is 8.09. The molecule has 0 aliphatic rings. The first-order chi connectivity index (χ1) is 11.8. The molecule has 1 unspecified atom stereocenters. The number of carbonyl (C=O) groups is 1. The highest BCUT2D eigenvalue weighted by Crippen LogP contribution is 2.23. The molecule has 1 amide bonds. The van der Waals surface area contributed by atoms with Crippen molar-refractivity contribution in [3.05, 3.63) is 35.7 Å². The molecule has 1 atom stereocenters. The van der Waals surface area contributed by atoms with Gasteiger partial charge in [-0.15, -0.1) is 10.2 Å². The second-order valence-electron chi connectivity index (χ2n) is 6.58. The number of hydrogen-bond donors (Lipinski definition) is 1. The third kappa shape index (κ3) is 4.40. The van der Waals surface area contributed by atoms with Crippen molar-refractivity contribution in [2.45, 2.75) is 45.3 Å². The lowest BCUT2D eigenvalue weighted by molar-refractivity contribution is -0.120. The zero-order valence-electron chi connectivity index (χ0n) is 15.2. The van der Waals surface area contributed by atoms with Gasteiger partial charge in [0, 0.05) is 0 Å². The summed E-state index contributed by atoms with van der Waals surface area (Å²) >= 11 is 1.30. The molecule has 0 aliphatic carbocycles. The van der Waals surface area contributed by atoms with Crippen molar-refractivity contribution in [2.24, 2.45) is 5.92 Å². The molecule has 0 radical (unpaired) electrons. The molecule has 25 heavy (non-hydrogen) atoms. The van der Waals surface area contributed by atoms with Crippen molar-refractivity contribution in [2.75, 3.05) is 5.75 Å². The third-order valence-electron chi connectivity index (χ3n) is 4.25. The van der Waals surface area contributed by atoms with Gasteiger partial charge in [0.25, 0.3) is 0 Å². The number of carbonyl (C=O) groups excluding carboxylic acids is 1. The summed E-state index contributed by atoms with van der Waals surface area (Å²) in [5.41, 5.74) is 2.41. The van der Waals surface area contributed by atoms with Crippen LogP contribution in [0.3, 0.4) is 0 Å². The van der Waals surface area contributed by atoms with E-state index >= 15 is 0 Å². The predicted molar refractivity (Wildman–Crippen MR) is 98.6 cm³/mol. The van der Waals surface area contributed by atoms with E-state index in [0.29, 0.717) is 5.16 Å². The summed E-state index contributed by atoms with van der Waals surface area (Å²) in [4.78, 5) is 12.2. The van der Waals surface area contributed by atoms with Gasteiger partial charge in [-0.1, -0.05) is 43.3 Å². The van der Waals surface area contributed by atoms with Crippen molar-refractivity contribution in [1.82, 2.24) is 20.1 Å². The van der Waals surface area contributed by atoms with E-state index in [-0.39, 0.29) is 17.6 Å². The fraction of sp³-hybridized carbons (Fsp3) is 0.444. The van der Waals surface area contributed by atoms with E-state index < -0.39 is 5.54 Å². The van der Waals surface area contributed by atoms with Gasteiger partial charge in [-0.2, -0.15) is 5.26 Å². The van der Waals surface area contributed by atoms with E-state index in [1.54, 1.807) is 13.3 Å². The average molecular weight is 357 g/mol. The Kier molecular flexibility index (Phi) is 5.85. The van der Waals surface area contributed by atoms with E-state index in [9.17, 15) is 10.1 Å². The normalized spacial score (nSPS) is 13.3. The second-order valence-corrected chi connectivity index (χ2v) is 7.52. The highest BCUT2D eigenvalue weighted by molar-refractivity contribution is 7.99. The molecule has 2 rings (SSSR count). The zero-order valence-corrected chi connectivity index (χ0v) is 16.0. The number of nitrogens with one attached hydrogen (secondary N) is 1. The van der Waals surface area contributed by atoms with Crippen LogP contribution in [0.1, 0.15) is 31.9 Å². The smallest absolute Gasteiger partial charge is 0.231 e. The van der Waals surface area contributed by atoms with Crippen LogP contribution in [0, 0.1) is 31.1 Å². The average Bonchev–Trinajstić information content (AvgIpc) is 3.01. The van der Waals surface area contributed by atoms with Crippen LogP contribution in [0.15, 0.2) is 29.7 Å². The van der Waals surface area contributed by atoms with Gasteiger partial charge in [0.1, 0.15) is 11.9 Å². The van der Waals surface area contributed by atoms with Crippen LogP contribution in [0.2, 0.25) is 0 Å². The van der Waals surface area contributed by atoms with E-state index in [0.717, 1.165) is 11.3 Å². The lowest BCUT2D eigenvalue weighted by Gasteiger charge is -2.27. The first-order valence-corrected chi connectivity index (χ1v) is 9.08. The molecule has 1 aromatic carbocycles. The van der Waals surface area contributed by atoms with Gasteiger partial charge in [-0.3, -0.25) is 9.36 Å². The molecule has 2 aromatic rings. The first kappa shape index (κ1) is 19.0. The summed E-state index contributed by atoms with van der Waals surface area (Å²) < 4.78 is 1.87. The van der Waals surface area contributed by atoms with Crippen molar-refractivity contribution in [1.29, 1.82) is 5.26 Å². The standard InChI is InChI=1S/C18H23N5OS/c1-12(2)18(5,10-19)21-16(24)9-25-17-22-20-11-23(17)15-7-6-13(3)8-14(15)4/h6-8,11-12H,9H2,1-5H3,(H,21,24). The monoisotopic (exact) mass is 357 g/mol. The predicted octanol–water partition coefficient (Wildman–Crippen LogP) is 3.03. The molecular weight excluding hydrogens is 334 g/mol. The van der Waals surface area contributed by atoms with Gasteiger partial charge >= 0.3 is 0 Å². The molecule has 0 spiro atoms. The van der Waals surface area contributed by atoms with E-state index in [1.165, 1.54) is 17.3 Å². The van der Waals surface area contributed by atoms with Gasteiger partial charge in [-0.25, -0.2) is 0 Å². The van der Waals surface area contributed by atoms with Crippen LogP contribution in [0.25, 0.3) is 5.69 Å². The molecule has 0 bridgehead atoms. The van der Waals surface area contributed by atoms with Crippen LogP contribution < -0.4 is 5.32 Å². The number of thioether (sulfide) groups is 1. The zero-order chi connectivity index (χ0) is 18.6. The summed E-state index contributed by atoms with van der Waals surface area (Å²) in [6, 6.07) is 8.32. The molecule has 6 nitrogen and oxygen atoms in total. The highest BCUT2D eigenvalue weighted by Gasteiger charge is 2.30. The Hall–Kier alpha value is -2.33. The Morgan fingerprint density at radius 3 is 2.76 bits per heavy atom. The van der Waals surface area contributed by atoms with Gasteiger partial charge < -0.3 is 5.32 Å². The van der Waals surface area contributed by atoms with Crippen LogP contribution in [-0.4, -0.2) is 32.0 Å². The highest BCUT2D eigenvalue weighted by atomic mass is 32.2. The molecule has 1 heterocycles. The Labute approximate surface area is 152 Å². The molecule has 7 heteroatoms. The summed E-state index contributed by atoms with van der Waals surface area (Å²) in [6.07, 6.45) is 1.64. The van der Waals surface area contributed by atoms with Gasteiger partial charge in [0.05, 0.1) is 17.5 Å². The summed E-state index contributed by atoms with van der Waals surface area (Å²) in [6.45, 7) is 9.63. The Morgan fingerprint density at radius 1 is 1.44 bits per heavy atom.